The molecular formula is C22H21BrN4O2. The highest BCUT2D eigenvalue weighted by molar-refractivity contribution is 9.10. The smallest absolute Gasteiger partial charge is 0.263 e. The van der Waals surface area contributed by atoms with E-state index in [1.807, 2.05) is 54.6 Å². The molecule has 1 N–H and O–H groups in total. The fraction of sp³-hybridized carbons (Fsp3) is 0.227. The molecule has 0 aliphatic carbocycles. The van der Waals surface area contributed by atoms with Gasteiger partial charge in [0.25, 0.3) is 5.88 Å². The predicted molar refractivity (Wildman–Crippen MR) is 116 cm³/mol. The fourth-order valence-corrected chi connectivity index (χ4v) is 3.60. The van der Waals surface area contributed by atoms with Gasteiger partial charge in [0.1, 0.15) is 5.75 Å². The molecule has 29 heavy (non-hydrogen) atoms. The number of hydrogen-bond acceptors (Lipinski definition) is 5. The van der Waals surface area contributed by atoms with E-state index in [4.69, 9.17) is 4.74 Å². The molecule has 1 fully saturated rings. The molecule has 0 radical (unpaired) electrons. The Balaban J connectivity index is 1.38. The van der Waals surface area contributed by atoms with Crippen molar-refractivity contribution in [2.45, 2.75) is 12.8 Å². The Morgan fingerprint density at radius 3 is 2.41 bits per heavy atom. The summed E-state index contributed by atoms with van der Waals surface area (Å²) in [4.78, 5) is 23.6. The van der Waals surface area contributed by atoms with E-state index in [1.54, 1.807) is 12.4 Å². The first-order valence-corrected chi connectivity index (χ1v) is 10.3. The van der Waals surface area contributed by atoms with Crippen LogP contribution in [0.3, 0.4) is 0 Å². The Morgan fingerprint density at radius 2 is 1.69 bits per heavy atom. The molecule has 0 bridgehead atoms. The van der Waals surface area contributed by atoms with Crippen LogP contribution in [0.4, 0.5) is 11.5 Å². The van der Waals surface area contributed by atoms with E-state index in [0.29, 0.717) is 11.7 Å². The molecule has 0 saturated carbocycles. The number of benzene rings is 2. The third-order valence-corrected chi connectivity index (χ3v) is 5.41. The van der Waals surface area contributed by atoms with E-state index in [0.717, 1.165) is 41.8 Å². The molecule has 4 rings (SSSR count). The lowest BCUT2D eigenvalue weighted by molar-refractivity contribution is -0.120. The van der Waals surface area contributed by atoms with Gasteiger partial charge in [-0.25, -0.2) is 9.97 Å². The van der Waals surface area contributed by atoms with Crippen molar-refractivity contribution in [3.8, 4) is 11.6 Å². The Labute approximate surface area is 178 Å². The molecule has 1 aliphatic heterocycles. The summed E-state index contributed by atoms with van der Waals surface area (Å²) in [6.45, 7) is 1.45. The number of nitrogens with one attached hydrogen (secondary N) is 1. The van der Waals surface area contributed by atoms with Crippen LogP contribution in [0.25, 0.3) is 0 Å². The van der Waals surface area contributed by atoms with Crippen LogP contribution in [-0.4, -0.2) is 29.0 Å². The number of carbonyl (C=O) groups excluding carboxylic acids is 1. The van der Waals surface area contributed by atoms with Gasteiger partial charge in [-0.2, -0.15) is 0 Å². The van der Waals surface area contributed by atoms with E-state index in [-0.39, 0.29) is 11.8 Å². The van der Waals surface area contributed by atoms with Gasteiger partial charge >= 0.3 is 0 Å². The molecule has 6 nitrogen and oxygen atoms in total. The summed E-state index contributed by atoms with van der Waals surface area (Å²) in [5.41, 5.74) is 0.813. The predicted octanol–water partition coefficient (Wildman–Crippen LogP) is 4.89. The molecule has 2 aromatic carbocycles. The number of para-hydroxylation sites is 1. The molecule has 148 valence electrons. The van der Waals surface area contributed by atoms with Gasteiger partial charge in [0.2, 0.25) is 5.91 Å². The van der Waals surface area contributed by atoms with E-state index < -0.39 is 0 Å². The zero-order chi connectivity index (χ0) is 20.1. The van der Waals surface area contributed by atoms with E-state index in [1.165, 1.54) is 0 Å². The second-order valence-corrected chi connectivity index (χ2v) is 7.77. The molecule has 7 heteroatoms. The molecule has 1 amide bonds. The van der Waals surface area contributed by atoms with Crippen LogP contribution in [0.5, 0.6) is 11.6 Å². The minimum Gasteiger partial charge on any atom is -0.436 e. The first-order valence-electron chi connectivity index (χ1n) is 9.54. The monoisotopic (exact) mass is 452 g/mol. The Bertz CT molecular complexity index is 958. The number of carbonyl (C=O) groups is 1. The zero-order valence-corrected chi connectivity index (χ0v) is 17.4. The summed E-state index contributed by atoms with van der Waals surface area (Å²) in [5, 5.41) is 3.01. The topological polar surface area (TPSA) is 67.4 Å². The van der Waals surface area contributed by atoms with Crippen LogP contribution in [0, 0.1) is 5.92 Å². The number of anilines is 2. The van der Waals surface area contributed by atoms with Gasteiger partial charge in [-0.15, -0.1) is 0 Å². The zero-order valence-electron chi connectivity index (χ0n) is 15.8. The van der Waals surface area contributed by atoms with Crippen molar-refractivity contribution in [2.75, 3.05) is 23.3 Å². The molecule has 0 unspecified atom stereocenters. The maximum atomic E-state index is 12.6. The highest BCUT2D eigenvalue weighted by atomic mass is 79.9. The number of halogens is 1. The van der Waals surface area contributed by atoms with Crippen LogP contribution >= 0.6 is 15.9 Å². The van der Waals surface area contributed by atoms with Crippen LogP contribution in [0.2, 0.25) is 0 Å². The highest BCUT2D eigenvalue weighted by Crippen LogP contribution is 2.31. The van der Waals surface area contributed by atoms with Crippen molar-refractivity contribution in [3.63, 3.8) is 0 Å². The van der Waals surface area contributed by atoms with Crippen molar-refractivity contribution in [1.82, 2.24) is 9.97 Å². The first kappa shape index (κ1) is 19.4. The highest BCUT2D eigenvalue weighted by Gasteiger charge is 2.27. The van der Waals surface area contributed by atoms with Crippen molar-refractivity contribution in [1.29, 1.82) is 0 Å². The van der Waals surface area contributed by atoms with Crippen molar-refractivity contribution < 1.29 is 9.53 Å². The lowest BCUT2D eigenvalue weighted by Gasteiger charge is -2.32. The quantitative estimate of drug-likeness (QED) is 0.596. The van der Waals surface area contributed by atoms with Gasteiger partial charge in [-0.05, 0) is 49.2 Å². The number of amides is 1. The molecular weight excluding hydrogens is 432 g/mol. The molecule has 1 aromatic heterocycles. The summed E-state index contributed by atoms with van der Waals surface area (Å²) in [6.07, 6.45) is 4.80. The summed E-state index contributed by atoms with van der Waals surface area (Å²) < 4.78 is 6.91. The maximum absolute atomic E-state index is 12.6. The van der Waals surface area contributed by atoms with Gasteiger partial charge in [0.15, 0.2) is 5.82 Å². The lowest BCUT2D eigenvalue weighted by atomic mass is 9.96. The van der Waals surface area contributed by atoms with Crippen molar-refractivity contribution in [2.24, 2.45) is 5.92 Å². The largest absolute Gasteiger partial charge is 0.436 e. The third kappa shape index (κ3) is 4.92. The van der Waals surface area contributed by atoms with E-state index >= 15 is 0 Å². The van der Waals surface area contributed by atoms with Crippen LogP contribution in [0.15, 0.2) is 71.5 Å². The Kier molecular flexibility index (Phi) is 6.05. The van der Waals surface area contributed by atoms with Gasteiger partial charge < -0.3 is 15.0 Å². The Morgan fingerprint density at radius 1 is 1.00 bits per heavy atom. The number of rotatable bonds is 5. The number of piperidine rings is 1. The molecule has 1 saturated heterocycles. The fourth-order valence-electron chi connectivity index (χ4n) is 3.34. The third-order valence-electron chi connectivity index (χ3n) is 4.88. The SMILES string of the molecule is O=C(Nc1ccc(Br)cc1)C1CCN(c2nccnc2Oc2ccccc2)CC1. The van der Waals surface area contributed by atoms with E-state index in [9.17, 15) is 4.79 Å². The molecule has 0 spiro atoms. The number of aromatic nitrogens is 2. The summed E-state index contributed by atoms with van der Waals surface area (Å²) in [5.74, 6) is 1.95. The molecule has 3 aromatic rings. The molecule has 0 atom stereocenters. The number of nitrogens with zero attached hydrogens (tertiary/aromatic N) is 3. The normalized spacial score (nSPS) is 14.4. The maximum Gasteiger partial charge on any atom is 0.263 e. The van der Waals surface area contributed by atoms with Crippen LogP contribution in [-0.2, 0) is 4.79 Å². The van der Waals surface area contributed by atoms with Crippen molar-refractivity contribution in [3.05, 3.63) is 71.5 Å². The van der Waals surface area contributed by atoms with Crippen LogP contribution < -0.4 is 15.0 Å². The summed E-state index contributed by atoms with van der Waals surface area (Å²) in [6, 6.07) is 17.2. The minimum absolute atomic E-state index is 0.0231. The summed E-state index contributed by atoms with van der Waals surface area (Å²) >= 11 is 3.40. The van der Waals surface area contributed by atoms with Gasteiger partial charge in [-0.3, -0.25) is 4.79 Å². The molecule has 2 heterocycles. The molecule has 1 aliphatic rings. The van der Waals surface area contributed by atoms with E-state index in [2.05, 4.69) is 36.1 Å². The summed E-state index contributed by atoms with van der Waals surface area (Å²) in [7, 11) is 0. The second kappa shape index (κ2) is 9.05. The average Bonchev–Trinajstić information content (AvgIpc) is 2.77. The number of hydrogen-bond donors (Lipinski definition) is 1. The Hall–Kier alpha value is -2.93. The second-order valence-electron chi connectivity index (χ2n) is 6.86. The minimum atomic E-state index is -0.0231. The van der Waals surface area contributed by atoms with Crippen molar-refractivity contribution >= 4 is 33.3 Å². The van der Waals surface area contributed by atoms with Gasteiger partial charge in [0, 0.05) is 41.6 Å². The first-order chi connectivity index (χ1) is 14.2. The number of ether oxygens (including phenoxy) is 1. The average molecular weight is 453 g/mol. The van der Waals surface area contributed by atoms with Crippen LogP contribution in [0.1, 0.15) is 12.8 Å². The van der Waals surface area contributed by atoms with Gasteiger partial charge in [0.05, 0.1) is 0 Å². The standard InChI is InChI=1S/C22H21BrN4O2/c23-17-6-8-18(9-7-17)26-21(28)16-10-14-27(15-11-16)20-22(25-13-12-24-20)29-19-4-2-1-3-5-19/h1-9,12-13,16H,10-11,14-15H2,(H,26,28). The lowest BCUT2D eigenvalue weighted by Crippen LogP contribution is -2.38. The van der Waals surface area contributed by atoms with Gasteiger partial charge in [-0.1, -0.05) is 34.1 Å².